The number of aliphatic hydroxyl groups is 3. The molecule has 1 aliphatic heterocycles. The maximum atomic E-state index is 12.9. The van der Waals surface area contributed by atoms with Crippen molar-refractivity contribution >= 4 is 16.4 Å². The van der Waals surface area contributed by atoms with E-state index in [1.807, 2.05) is 12.2 Å². The topological polar surface area (TPSA) is 178 Å². The van der Waals surface area contributed by atoms with Crippen molar-refractivity contribution in [2.45, 2.75) is 205 Å². The monoisotopic (exact) mass is 897 g/mol. The summed E-state index contributed by atoms with van der Waals surface area (Å²) in [4.78, 5) is 12.9. The number of unbranched alkanes of at least 4 members (excludes halogenated alkanes) is 15. The van der Waals surface area contributed by atoms with Crippen LogP contribution in [0.4, 0.5) is 0 Å². The summed E-state index contributed by atoms with van der Waals surface area (Å²) in [5.41, 5.74) is 0. The molecule has 0 aromatic rings. The van der Waals surface area contributed by atoms with E-state index in [-0.39, 0.29) is 19.6 Å². The van der Waals surface area contributed by atoms with Crippen LogP contribution in [0.2, 0.25) is 0 Å². The highest BCUT2D eigenvalue weighted by atomic mass is 32.3. The first-order valence-corrected chi connectivity index (χ1v) is 25.1. The average Bonchev–Trinajstić information content (AvgIpc) is 3.24. The molecule has 0 aromatic carbocycles. The zero-order valence-corrected chi connectivity index (χ0v) is 39.0. The predicted molar refractivity (Wildman–Crippen MR) is 248 cm³/mol. The van der Waals surface area contributed by atoms with Gasteiger partial charge in [-0.25, -0.2) is 4.18 Å². The first-order valence-electron chi connectivity index (χ1n) is 23.7. The molecule has 1 saturated heterocycles. The van der Waals surface area contributed by atoms with E-state index in [1.165, 1.54) is 83.5 Å². The van der Waals surface area contributed by atoms with E-state index in [0.29, 0.717) is 19.4 Å². The molecule has 0 aromatic heterocycles. The summed E-state index contributed by atoms with van der Waals surface area (Å²) in [7, 11) is -5.08. The maximum absolute atomic E-state index is 12.9. The van der Waals surface area contributed by atoms with Crippen LogP contribution in [0.15, 0.2) is 72.9 Å². The zero-order valence-electron chi connectivity index (χ0n) is 38.2. The minimum atomic E-state index is -5.08. The number of allylic oxidation sites excluding steroid dienone is 11. The van der Waals surface area contributed by atoms with Gasteiger partial charge in [-0.1, -0.05) is 164 Å². The Labute approximate surface area is 375 Å². The summed E-state index contributed by atoms with van der Waals surface area (Å²) in [5.74, 6) is -0.428. The number of carbonyl (C=O) groups excluding carboxylic acids is 1. The van der Waals surface area contributed by atoms with Crippen molar-refractivity contribution in [3.05, 3.63) is 72.9 Å². The molecule has 4 N–H and O–H groups in total. The van der Waals surface area contributed by atoms with Crippen LogP contribution in [0.1, 0.15) is 168 Å². The Morgan fingerprint density at radius 1 is 0.629 bits per heavy atom. The molecule has 13 heteroatoms. The van der Waals surface area contributed by atoms with Gasteiger partial charge in [0.2, 0.25) is 0 Å². The number of hydrogen-bond acceptors (Lipinski definition) is 11. The molecular formula is C49H84O12S. The summed E-state index contributed by atoms with van der Waals surface area (Å²) in [6.45, 7) is 3.64. The van der Waals surface area contributed by atoms with Gasteiger partial charge in [0.05, 0.1) is 26.4 Å². The van der Waals surface area contributed by atoms with E-state index >= 15 is 0 Å². The number of aliphatic hydroxyl groups excluding tert-OH is 3. The lowest BCUT2D eigenvalue weighted by atomic mass is 9.99. The van der Waals surface area contributed by atoms with Gasteiger partial charge in [0.25, 0.3) is 0 Å². The van der Waals surface area contributed by atoms with Crippen molar-refractivity contribution in [1.29, 1.82) is 0 Å². The van der Waals surface area contributed by atoms with Gasteiger partial charge in [-0.2, -0.15) is 8.42 Å². The van der Waals surface area contributed by atoms with Crippen molar-refractivity contribution in [2.75, 3.05) is 26.4 Å². The van der Waals surface area contributed by atoms with E-state index in [1.54, 1.807) is 0 Å². The molecule has 6 unspecified atom stereocenters. The lowest BCUT2D eigenvalue weighted by Gasteiger charge is -2.41. The summed E-state index contributed by atoms with van der Waals surface area (Å²) in [6, 6.07) is 0. The summed E-state index contributed by atoms with van der Waals surface area (Å²) < 4.78 is 59.0. The molecular weight excluding hydrogens is 813 g/mol. The number of rotatable bonds is 40. The fourth-order valence-corrected chi connectivity index (χ4v) is 7.30. The van der Waals surface area contributed by atoms with E-state index < -0.39 is 59.8 Å². The third-order valence-electron chi connectivity index (χ3n) is 10.3. The van der Waals surface area contributed by atoms with Crippen LogP contribution in [0, 0.1) is 0 Å². The van der Waals surface area contributed by atoms with Crippen molar-refractivity contribution in [3.8, 4) is 0 Å². The largest absolute Gasteiger partial charge is 0.457 e. The fraction of sp³-hybridized carbons (Fsp3) is 0.735. The number of hydrogen-bond donors (Lipinski definition) is 4. The Morgan fingerprint density at radius 3 is 1.63 bits per heavy atom. The fourth-order valence-electron chi connectivity index (χ4n) is 6.79. The third kappa shape index (κ3) is 33.1. The molecule has 358 valence electrons. The van der Waals surface area contributed by atoms with Gasteiger partial charge in [-0.05, 0) is 70.6 Å². The van der Waals surface area contributed by atoms with E-state index in [4.69, 9.17) is 23.5 Å². The first kappa shape index (κ1) is 57.6. The SMILES string of the molecule is CC/C=C\C/C=C\C/C=C\C/C=C\C/C=C\CCOCC(COC1OC(CO)C(O)C(OS(=O)(=O)O)C1O)OC(=O)CCCCCCCCCCC/C=C\CCCCCCCC. The van der Waals surface area contributed by atoms with Crippen LogP contribution in [0.5, 0.6) is 0 Å². The number of carbonyl (C=O) groups is 1. The summed E-state index contributed by atoms with van der Waals surface area (Å²) in [6.07, 6.45) is 42.4. The second-order valence-corrected chi connectivity index (χ2v) is 17.0. The first-order chi connectivity index (χ1) is 30.1. The van der Waals surface area contributed by atoms with Gasteiger partial charge in [0.15, 0.2) is 6.29 Å². The van der Waals surface area contributed by atoms with Crippen LogP contribution < -0.4 is 0 Å². The Morgan fingerprint density at radius 2 is 1.11 bits per heavy atom. The van der Waals surface area contributed by atoms with Crippen molar-refractivity contribution in [2.24, 2.45) is 0 Å². The molecule has 1 aliphatic rings. The average molecular weight is 897 g/mol. The molecule has 1 rings (SSSR count). The van der Waals surface area contributed by atoms with E-state index in [0.717, 1.165) is 51.4 Å². The van der Waals surface area contributed by atoms with Crippen molar-refractivity contribution < 1.29 is 56.2 Å². The van der Waals surface area contributed by atoms with Crippen molar-refractivity contribution in [1.82, 2.24) is 0 Å². The standard InChI is InChI=1S/C49H84O12S/c1-3-5-7-9-11-13-15-17-19-21-22-23-24-26-28-30-32-34-36-38-45(51)59-43(42-58-49-47(53)48(61-62(54,55)56)46(52)44(40-50)60-49)41-57-39-37-35-33-31-29-27-25-20-18-16-14-12-10-8-6-4-2/h6,8,12,14,17-20,27,29,33,35,43-44,46-50,52-53H,3-5,7,9-11,13,15-16,21-26,28,30-32,34,36-42H2,1-2H3,(H,54,55,56)/b8-6-,14-12-,19-17-,20-18-,29-27-,35-33-. The van der Waals surface area contributed by atoms with E-state index in [9.17, 15) is 28.5 Å². The number of ether oxygens (including phenoxy) is 4. The van der Waals surface area contributed by atoms with Crippen LogP contribution in [0.3, 0.4) is 0 Å². The molecule has 0 aliphatic carbocycles. The molecule has 0 amide bonds. The normalized spacial score (nSPS) is 20.6. The Hall–Kier alpha value is -2.46. The molecule has 1 heterocycles. The Bertz CT molecular complexity index is 1360. The minimum Gasteiger partial charge on any atom is -0.457 e. The highest BCUT2D eigenvalue weighted by Gasteiger charge is 2.48. The smallest absolute Gasteiger partial charge is 0.397 e. The minimum absolute atomic E-state index is 0.0221. The van der Waals surface area contributed by atoms with Gasteiger partial charge in [-0.15, -0.1) is 0 Å². The quantitative estimate of drug-likeness (QED) is 0.0198. The van der Waals surface area contributed by atoms with Crippen LogP contribution in [-0.2, 0) is 38.3 Å². The van der Waals surface area contributed by atoms with Gasteiger partial charge < -0.3 is 34.3 Å². The maximum Gasteiger partial charge on any atom is 0.397 e. The van der Waals surface area contributed by atoms with Gasteiger partial charge in [-0.3, -0.25) is 9.35 Å². The van der Waals surface area contributed by atoms with E-state index in [2.05, 4.69) is 78.8 Å². The third-order valence-corrected chi connectivity index (χ3v) is 10.8. The highest BCUT2D eigenvalue weighted by molar-refractivity contribution is 7.80. The van der Waals surface area contributed by atoms with Gasteiger partial charge in [0, 0.05) is 6.42 Å². The van der Waals surface area contributed by atoms with Crippen LogP contribution in [0.25, 0.3) is 0 Å². The van der Waals surface area contributed by atoms with Gasteiger partial charge >= 0.3 is 16.4 Å². The van der Waals surface area contributed by atoms with Crippen molar-refractivity contribution in [3.63, 3.8) is 0 Å². The molecule has 0 radical (unpaired) electrons. The molecule has 62 heavy (non-hydrogen) atoms. The second-order valence-electron chi connectivity index (χ2n) is 16.0. The Balaban J connectivity index is 2.45. The molecule has 0 spiro atoms. The highest BCUT2D eigenvalue weighted by Crippen LogP contribution is 2.26. The Kier molecular flexibility index (Phi) is 37.2. The molecule has 6 atom stereocenters. The molecule has 0 saturated carbocycles. The lowest BCUT2D eigenvalue weighted by Crippen LogP contribution is -2.60. The second kappa shape index (κ2) is 40.1. The molecule has 12 nitrogen and oxygen atoms in total. The molecule has 1 fully saturated rings. The zero-order chi connectivity index (χ0) is 45.4. The summed E-state index contributed by atoms with van der Waals surface area (Å²) in [5, 5.41) is 30.7. The van der Waals surface area contributed by atoms with Gasteiger partial charge in [0.1, 0.15) is 30.5 Å². The predicted octanol–water partition coefficient (Wildman–Crippen LogP) is 10.3. The summed E-state index contributed by atoms with van der Waals surface area (Å²) >= 11 is 0. The molecule has 0 bridgehead atoms. The van der Waals surface area contributed by atoms with Crippen LogP contribution in [-0.4, -0.2) is 97.5 Å². The number of esters is 1. The van der Waals surface area contributed by atoms with Crippen LogP contribution >= 0.6 is 0 Å². The lowest BCUT2D eigenvalue weighted by molar-refractivity contribution is -0.301.